The molecule has 0 fully saturated rings. The van der Waals surface area contributed by atoms with Gasteiger partial charge in [0, 0.05) is 24.0 Å². The molecule has 4 nitrogen and oxygen atoms in total. The molecule has 1 atom stereocenters. The van der Waals surface area contributed by atoms with Gasteiger partial charge in [-0.1, -0.05) is 42.5 Å². The molecule has 0 aliphatic rings. The van der Waals surface area contributed by atoms with Gasteiger partial charge < -0.3 is 5.32 Å². The molecule has 0 saturated carbocycles. The summed E-state index contributed by atoms with van der Waals surface area (Å²) in [5.74, 6) is -0.0380. The highest BCUT2D eigenvalue weighted by atomic mass is 32.1. The van der Waals surface area contributed by atoms with E-state index in [9.17, 15) is 4.79 Å². The van der Waals surface area contributed by atoms with Crippen molar-refractivity contribution in [3.8, 4) is 11.1 Å². The molecule has 0 radical (unpaired) electrons. The molecule has 146 valence electrons. The minimum atomic E-state index is -0.0380. The molecule has 29 heavy (non-hydrogen) atoms. The van der Waals surface area contributed by atoms with E-state index in [-0.39, 0.29) is 11.9 Å². The molecule has 2 aromatic carbocycles. The van der Waals surface area contributed by atoms with E-state index in [1.807, 2.05) is 48.1 Å². The van der Waals surface area contributed by atoms with Crippen molar-refractivity contribution in [3.05, 3.63) is 101 Å². The zero-order valence-electron chi connectivity index (χ0n) is 16.3. The van der Waals surface area contributed by atoms with Crippen LogP contribution in [0.5, 0.6) is 0 Å². The molecule has 1 unspecified atom stereocenters. The van der Waals surface area contributed by atoms with Crippen LogP contribution in [0, 0.1) is 0 Å². The fourth-order valence-electron chi connectivity index (χ4n) is 3.42. The van der Waals surface area contributed by atoms with Crippen molar-refractivity contribution in [1.82, 2.24) is 15.1 Å². The smallest absolute Gasteiger partial charge is 0.252 e. The van der Waals surface area contributed by atoms with E-state index in [1.54, 1.807) is 17.5 Å². The van der Waals surface area contributed by atoms with Gasteiger partial charge in [-0.3, -0.25) is 9.48 Å². The van der Waals surface area contributed by atoms with Crippen molar-refractivity contribution in [2.24, 2.45) is 0 Å². The highest BCUT2D eigenvalue weighted by molar-refractivity contribution is 7.07. The van der Waals surface area contributed by atoms with Gasteiger partial charge in [0.15, 0.2) is 0 Å². The number of nitrogens with zero attached hydrogens (tertiary/aromatic N) is 2. The highest BCUT2D eigenvalue weighted by Gasteiger charge is 2.15. The van der Waals surface area contributed by atoms with Gasteiger partial charge in [-0.15, -0.1) is 0 Å². The standard InChI is InChI=1S/C24H23N3OS/c1-18(15-20-11-14-29-17-20)26-24(28)23-6-3-2-5-22(23)21-9-7-19(8-10-21)16-27-13-4-12-25-27/h2-14,17-18H,15-16H2,1H3,(H,26,28). The van der Waals surface area contributed by atoms with E-state index in [0.717, 1.165) is 24.1 Å². The first-order chi connectivity index (χ1) is 14.2. The topological polar surface area (TPSA) is 46.9 Å². The number of benzene rings is 2. The van der Waals surface area contributed by atoms with E-state index >= 15 is 0 Å². The first-order valence-electron chi connectivity index (χ1n) is 9.67. The molecule has 4 aromatic rings. The molecule has 2 aromatic heterocycles. The normalized spacial score (nSPS) is 11.9. The predicted molar refractivity (Wildman–Crippen MR) is 118 cm³/mol. The molecule has 1 amide bonds. The average Bonchev–Trinajstić information content (AvgIpc) is 3.43. The van der Waals surface area contributed by atoms with Crippen LogP contribution in [-0.4, -0.2) is 21.7 Å². The van der Waals surface area contributed by atoms with E-state index in [4.69, 9.17) is 0 Å². The predicted octanol–water partition coefficient (Wildman–Crippen LogP) is 5.02. The molecule has 2 heterocycles. The van der Waals surface area contributed by atoms with Gasteiger partial charge >= 0.3 is 0 Å². The lowest BCUT2D eigenvalue weighted by Gasteiger charge is -2.15. The molecule has 0 aliphatic carbocycles. The van der Waals surface area contributed by atoms with E-state index < -0.39 is 0 Å². The van der Waals surface area contributed by atoms with Gasteiger partial charge in [0.1, 0.15) is 0 Å². The first-order valence-corrected chi connectivity index (χ1v) is 10.6. The van der Waals surface area contributed by atoms with Gasteiger partial charge in [-0.2, -0.15) is 16.4 Å². The van der Waals surface area contributed by atoms with E-state index in [1.165, 1.54) is 11.1 Å². The lowest BCUT2D eigenvalue weighted by Crippen LogP contribution is -2.34. The lowest BCUT2D eigenvalue weighted by molar-refractivity contribution is 0.0941. The number of carbonyl (C=O) groups is 1. The quantitative estimate of drug-likeness (QED) is 0.473. The number of nitrogens with one attached hydrogen (secondary N) is 1. The van der Waals surface area contributed by atoms with Crippen LogP contribution < -0.4 is 5.32 Å². The van der Waals surface area contributed by atoms with Gasteiger partial charge in [-0.05, 0) is 64.6 Å². The van der Waals surface area contributed by atoms with Crippen LogP contribution >= 0.6 is 11.3 Å². The molecule has 4 rings (SSSR count). The molecule has 1 N–H and O–H groups in total. The SMILES string of the molecule is CC(Cc1ccsc1)NC(=O)c1ccccc1-c1ccc(Cn2cccn2)cc1. The Bertz CT molecular complexity index is 1050. The summed E-state index contributed by atoms with van der Waals surface area (Å²) in [7, 11) is 0. The Morgan fingerprint density at radius 2 is 1.90 bits per heavy atom. The van der Waals surface area contributed by atoms with Crippen LogP contribution in [0.2, 0.25) is 0 Å². The molecule has 5 heteroatoms. The molecular weight excluding hydrogens is 378 g/mol. The average molecular weight is 402 g/mol. The summed E-state index contributed by atoms with van der Waals surface area (Å²) in [6.07, 6.45) is 4.56. The molecule has 0 bridgehead atoms. The second-order valence-corrected chi connectivity index (χ2v) is 7.94. The van der Waals surface area contributed by atoms with Crippen LogP contribution in [0.25, 0.3) is 11.1 Å². The third-order valence-electron chi connectivity index (χ3n) is 4.84. The summed E-state index contributed by atoms with van der Waals surface area (Å²) in [6, 6.07) is 20.2. The van der Waals surface area contributed by atoms with Gasteiger partial charge in [0.2, 0.25) is 0 Å². The van der Waals surface area contributed by atoms with Crippen molar-refractivity contribution < 1.29 is 4.79 Å². The van der Waals surface area contributed by atoms with Crippen molar-refractivity contribution >= 4 is 17.2 Å². The van der Waals surface area contributed by atoms with Crippen LogP contribution in [0.3, 0.4) is 0 Å². The fraction of sp³-hybridized carbons (Fsp3) is 0.167. The Morgan fingerprint density at radius 3 is 2.62 bits per heavy atom. The Balaban J connectivity index is 1.49. The Hall–Kier alpha value is -3.18. The zero-order valence-corrected chi connectivity index (χ0v) is 17.1. The zero-order chi connectivity index (χ0) is 20.1. The third-order valence-corrected chi connectivity index (χ3v) is 5.57. The number of hydrogen-bond acceptors (Lipinski definition) is 3. The number of hydrogen-bond donors (Lipinski definition) is 1. The molecule has 0 saturated heterocycles. The molecule has 0 aliphatic heterocycles. The van der Waals surface area contributed by atoms with Crippen LogP contribution in [0.1, 0.15) is 28.4 Å². The van der Waals surface area contributed by atoms with E-state index in [0.29, 0.717) is 5.56 Å². The maximum atomic E-state index is 12.9. The summed E-state index contributed by atoms with van der Waals surface area (Å²) < 4.78 is 1.89. The number of rotatable bonds is 7. The second-order valence-electron chi connectivity index (χ2n) is 7.16. The van der Waals surface area contributed by atoms with Crippen LogP contribution in [0.4, 0.5) is 0 Å². The van der Waals surface area contributed by atoms with Crippen molar-refractivity contribution in [2.45, 2.75) is 25.9 Å². The van der Waals surface area contributed by atoms with E-state index in [2.05, 4.69) is 51.5 Å². The highest BCUT2D eigenvalue weighted by Crippen LogP contribution is 2.24. The van der Waals surface area contributed by atoms with Gasteiger partial charge in [0.05, 0.1) is 6.54 Å². The summed E-state index contributed by atoms with van der Waals surface area (Å²) in [5.41, 5.74) is 5.10. The Kier molecular flexibility index (Phi) is 5.86. The minimum absolute atomic E-state index is 0.0380. The van der Waals surface area contributed by atoms with Crippen LogP contribution in [-0.2, 0) is 13.0 Å². The number of amides is 1. The number of carbonyl (C=O) groups excluding carboxylic acids is 1. The number of thiophene rings is 1. The van der Waals surface area contributed by atoms with Crippen molar-refractivity contribution in [1.29, 1.82) is 0 Å². The first kappa shape index (κ1) is 19.2. The van der Waals surface area contributed by atoms with Gasteiger partial charge in [0.25, 0.3) is 5.91 Å². The Labute approximate surface area is 174 Å². The molecule has 0 spiro atoms. The maximum absolute atomic E-state index is 12.9. The Morgan fingerprint density at radius 1 is 1.07 bits per heavy atom. The van der Waals surface area contributed by atoms with Crippen LogP contribution in [0.15, 0.2) is 83.8 Å². The second kappa shape index (κ2) is 8.88. The third kappa shape index (κ3) is 4.81. The van der Waals surface area contributed by atoms with Gasteiger partial charge in [-0.25, -0.2) is 0 Å². The summed E-state index contributed by atoms with van der Waals surface area (Å²) >= 11 is 1.68. The maximum Gasteiger partial charge on any atom is 0.252 e. The summed E-state index contributed by atoms with van der Waals surface area (Å²) in [6.45, 7) is 2.78. The van der Waals surface area contributed by atoms with Crippen molar-refractivity contribution in [3.63, 3.8) is 0 Å². The summed E-state index contributed by atoms with van der Waals surface area (Å²) in [4.78, 5) is 12.9. The monoisotopic (exact) mass is 401 g/mol. The molecular formula is C24H23N3OS. The fourth-order valence-corrected chi connectivity index (χ4v) is 4.10. The minimum Gasteiger partial charge on any atom is -0.349 e. The summed E-state index contributed by atoms with van der Waals surface area (Å²) in [5, 5.41) is 11.6. The largest absolute Gasteiger partial charge is 0.349 e. The van der Waals surface area contributed by atoms with Crippen molar-refractivity contribution in [2.75, 3.05) is 0 Å². The lowest BCUT2D eigenvalue weighted by atomic mass is 9.98. The number of aromatic nitrogens is 2.